The third-order valence-corrected chi connectivity index (χ3v) is 5.09. The van der Waals surface area contributed by atoms with Crippen LogP contribution < -0.4 is 5.73 Å². The molecule has 2 aromatic rings. The van der Waals surface area contributed by atoms with Gasteiger partial charge in [-0.05, 0) is 12.8 Å². The van der Waals surface area contributed by atoms with E-state index >= 15 is 0 Å². The monoisotopic (exact) mass is 295 g/mol. The minimum absolute atomic E-state index is 0.0284. The molecule has 1 aliphatic heterocycles. The van der Waals surface area contributed by atoms with Gasteiger partial charge in [-0.15, -0.1) is 11.6 Å². The molecule has 1 saturated carbocycles. The Balaban J connectivity index is 1.82. The second kappa shape index (κ2) is 4.03. The third-order valence-electron chi connectivity index (χ3n) is 4.44. The zero-order valence-electron chi connectivity index (χ0n) is 10.6. The molecule has 3 N–H and O–H groups in total. The predicted molar refractivity (Wildman–Crippen MR) is 72.0 cm³/mol. The summed E-state index contributed by atoms with van der Waals surface area (Å²) >= 11 is 6.72. The number of rotatable bonds is 2. The molecule has 0 aromatic carbocycles. The van der Waals surface area contributed by atoms with Gasteiger partial charge in [-0.2, -0.15) is 0 Å². The second-order valence-electron chi connectivity index (χ2n) is 5.36. The minimum atomic E-state index is -0.499. The van der Waals surface area contributed by atoms with Gasteiger partial charge in [0.05, 0.1) is 23.9 Å². The standard InChI is InChI=1S/C12H14ClN5O2/c13-12-2-1-6(12)7(3-19)20-11(12)18-5-17-8-9(14)15-4-16-10(8)18/h4-7,11,19H,1-3H2,(H2,14,15,16)/t6-,7-,11-,12+/m1/s1. The highest BCUT2D eigenvalue weighted by Crippen LogP contribution is 2.59. The number of halogens is 1. The van der Waals surface area contributed by atoms with Crippen LogP contribution >= 0.6 is 11.6 Å². The summed E-state index contributed by atoms with van der Waals surface area (Å²) in [5.41, 5.74) is 6.93. The minimum Gasteiger partial charge on any atom is -0.394 e. The van der Waals surface area contributed by atoms with E-state index in [1.54, 1.807) is 10.9 Å². The highest BCUT2D eigenvalue weighted by atomic mass is 35.5. The van der Waals surface area contributed by atoms with Gasteiger partial charge in [0.2, 0.25) is 0 Å². The van der Waals surface area contributed by atoms with Crippen molar-refractivity contribution in [3.8, 4) is 0 Å². The largest absolute Gasteiger partial charge is 0.394 e. The molecule has 2 aromatic heterocycles. The van der Waals surface area contributed by atoms with Gasteiger partial charge in [-0.3, -0.25) is 4.57 Å². The summed E-state index contributed by atoms with van der Waals surface area (Å²) in [6.45, 7) is -0.0284. The molecule has 0 unspecified atom stereocenters. The van der Waals surface area contributed by atoms with Crippen LogP contribution in [0.1, 0.15) is 19.1 Å². The lowest BCUT2D eigenvalue weighted by atomic mass is 9.71. The van der Waals surface area contributed by atoms with Crippen LogP contribution in [0.15, 0.2) is 12.7 Å². The van der Waals surface area contributed by atoms with Crippen LogP contribution in [-0.2, 0) is 4.74 Å². The van der Waals surface area contributed by atoms with E-state index < -0.39 is 4.87 Å². The lowest BCUT2D eigenvalue weighted by Crippen LogP contribution is -2.46. The number of nitrogens with zero attached hydrogens (tertiary/aromatic N) is 4. The maximum Gasteiger partial charge on any atom is 0.167 e. The quantitative estimate of drug-likeness (QED) is 0.791. The van der Waals surface area contributed by atoms with E-state index in [1.807, 2.05) is 0 Å². The molecule has 20 heavy (non-hydrogen) atoms. The first-order valence-electron chi connectivity index (χ1n) is 6.53. The zero-order chi connectivity index (χ0) is 13.9. The van der Waals surface area contributed by atoms with Crippen LogP contribution in [-0.4, -0.2) is 42.2 Å². The van der Waals surface area contributed by atoms with Crippen molar-refractivity contribution >= 4 is 28.6 Å². The summed E-state index contributed by atoms with van der Waals surface area (Å²) in [7, 11) is 0. The smallest absolute Gasteiger partial charge is 0.167 e. The van der Waals surface area contributed by atoms with Gasteiger partial charge in [0.25, 0.3) is 0 Å². The average molecular weight is 296 g/mol. The van der Waals surface area contributed by atoms with Gasteiger partial charge in [0, 0.05) is 5.92 Å². The summed E-state index contributed by atoms with van der Waals surface area (Å²) in [6, 6.07) is 0. The van der Waals surface area contributed by atoms with Gasteiger partial charge < -0.3 is 15.6 Å². The molecule has 2 aliphatic rings. The number of aliphatic hydroxyl groups excluding tert-OH is 1. The van der Waals surface area contributed by atoms with Crippen LogP contribution in [0, 0.1) is 5.92 Å². The van der Waals surface area contributed by atoms with E-state index in [9.17, 15) is 5.11 Å². The molecule has 0 amide bonds. The lowest BCUT2D eigenvalue weighted by Gasteiger charge is -2.42. The van der Waals surface area contributed by atoms with Crippen LogP contribution in [0.4, 0.5) is 5.82 Å². The highest BCUT2D eigenvalue weighted by molar-refractivity contribution is 6.25. The molecule has 1 aliphatic carbocycles. The number of nitrogen functional groups attached to an aromatic ring is 1. The topological polar surface area (TPSA) is 99.1 Å². The number of aromatic nitrogens is 4. The van der Waals surface area contributed by atoms with Crippen LogP contribution in [0.2, 0.25) is 0 Å². The lowest BCUT2D eigenvalue weighted by molar-refractivity contribution is -0.0282. The van der Waals surface area contributed by atoms with Gasteiger partial charge in [0.1, 0.15) is 11.8 Å². The fraction of sp³-hybridized carbons (Fsp3) is 0.583. The first kappa shape index (κ1) is 12.3. The first-order chi connectivity index (χ1) is 9.65. The fourth-order valence-electron chi connectivity index (χ4n) is 3.27. The van der Waals surface area contributed by atoms with Crippen molar-refractivity contribution in [2.75, 3.05) is 12.3 Å². The van der Waals surface area contributed by atoms with Crippen LogP contribution in [0.5, 0.6) is 0 Å². The maximum absolute atomic E-state index is 9.42. The van der Waals surface area contributed by atoms with E-state index in [2.05, 4.69) is 15.0 Å². The first-order valence-corrected chi connectivity index (χ1v) is 6.91. The Labute approximate surface area is 119 Å². The number of aliphatic hydroxyl groups is 1. The molecule has 0 spiro atoms. The number of hydrogen-bond donors (Lipinski definition) is 2. The molecule has 2 fully saturated rings. The molecule has 8 heteroatoms. The van der Waals surface area contributed by atoms with E-state index in [-0.39, 0.29) is 24.9 Å². The fourth-order valence-corrected chi connectivity index (χ4v) is 3.79. The highest BCUT2D eigenvalue weighted by Gasteiger charge is 2.61. The van der Waals surface area contributed by atoms with E-state index in [0.717, 1.165) is 12.8 Å². The maximum atomic E-state index is 9.42. The van der Waals surface area contributed by atoms with E-state index in [0.29, 0.717) is 17.0 Å². The van der Waals surface area contributed by atoms with E-state index in [4.69, 9.17) is 22.1 Å². The summed E-state index contributed by atoms with van der Waals surface area (Å²) in [6.07, 6.45) is 4.21. The van der Waals surface area contributed by atoms with Gasteiger partial charge in [0.15, 0.2) is 17.7 Å². The van der Waals surface area contributed by atoms with E-state index in [1.165, 1.54) is 6.33 Å². The Kier molecular flexibility index (Phi) is 2.48. The number of imidazole rings is 1. The SMILES string of the molecule is Nc1ncnc2c1ncn2[C@@H]1O[C@H](CO)[C@H]2CC[C@]21Cl. The zero-order valence-corrected chi connectivity index (χ0v) is 11.4. The third kappa shape index (κ3) is 1.40. The summed E-state index contributed by atoms with van der Waals surface area (Å²) in [4.78, 5) is 11.9. The van der Waals surface area contributed by atoms with Gasteiger partial charge >= 0.3 is 0 Å². The van der Waals surface area contributed by atoms with Crippen LogP contribution in [0.3, 0.4) is 0 Å². The molecule has 106 valence electrons. The summed E-state index contributed by atoms with van der Waals surface area (Å²) in [5, 5.41) is 9.42. The van der Waals surface area contributed by atoms with Crippen LogP contribution in [0.25, 0.3) is 11.2 Å². The number of nitrogens with two attached hydrogens (primary N) is 1. The summed E-state index contributed by atoms with van der Waals surface area (Å²) in [5.74, 6) is 0.495. The Morgan fingerprint density at radius 1 is 1.50 bits per heavy atom. The molecule has 1 saturated heterocycles. The number of anilines is 1. The van der Waals surface area contributed by atoms with Crippen molar-refractivity contribution in [2.24, 2.45) is 5.92 Å². The molecule has 4 rings (SSSR count). The molecule has 7 nitrogen and oxygen atoms in total. The Bertz CT molecular complexity index is 677. The van der Waals surface area contributed by atoms with Crippen molar-refractivity contribution in [1.82, 2.24) is 19.5 Å². The summed E-state index contributed by atoms with van der Waals surface area (Å²) < 4.78 is 7.73. The molecule has 3 heterocycles. The van der Waals surface area contributed by atoms with Crippen molar-refractivity contribution < 1.29 is 9.84 Å². The predicted octanol–water partition coefficient (Wildman–Crippen LogP) is 0.686. The molecule has 0 radical (unpaired) electrons. The Morgan fingerprint density at radius 3 is 3.00 bits per heavy atom. The number of fused-ring (bicyclic) bond motifs is 2. The normalized spacial score (nSPS) is 36.0. The Morgan fingerprint density at radius 2 is 2.35 bits per heavy atom. The van der Waals surface area contributed by atoms with Crippen molar-refractivity contribution in [3.63, 3.8) is 0 Å². The average Bonchev–Trinajstić information content (AvgIpc) is 2.93. The molecule has 0 bridgehead atoms. The molecular weight excluding hydrogens is 282 g/mol. The van der Waals surface area contributed by atoms with Crippen molar-refractivity contribution in [1.29, 1.82) is 0 Å². The number of hydrogen-bond acceptors (Lipinski definition) is 6. The van der Waals surface area contributed by atoms with Crippen molar-refractivity contribution in [2.45, 2.75) is 30.0 Å². The molecular formula is C12H14ClN5O2. The van der Waals surface area contributed by atoms with Gasteiger partial charge in [-0.1, -0.05) is 0 Å². The Hall–Kier alpha value is -1.44. The second-order valence-corrected chi connectivity index (χ2v) is 6.07. The van der Waals surface area contributed by atoms with Crippen molar-refractivity contribution in [3.05, 3.63) is 12.7 Å². The number of ether oxygens (including phenoxy) is 1. The number of alkyl halides is 1. The molecule has 4 atom stereocenters. The van der Waals surface area contributed by atoms with Gasteiger partial charge in [-0.25, -0.2) is 15.0 Å².